The quantitative estimate of drug-likeness (QED) is 0.827. The molecule has 2 fully saturated rings. The lowest BCUT2D eigenvalue weighted by molar-refractivity contribution is -0.140. The number of likely N-dealkylation sites (N-methyl/N-ethyl adjacent to an activating group) is 1. The van der Waals surface area contributed by atoms with Crippen LogP contribution in [0.4, 0.5) is 0 Å². The van der Waals surface area contributed by atoms with E-state index in [1.54, 1.807) is 0 Å². The van der Waals surface area contributed by atoms with Crippen LogP contribution < -0.4 is 5.32 Å². The fourth-order valence-corrected chi connectivity index (χ4v) is 3.31. The second-order valence-corrected chi connectivity index (χ2v) is 5.62. The van der Waals surface area contributed by atoms with Crippen molar-refractivity contribution in [2.75, 3.05) is 26.8 Å². The standard InChI is InChI=1S/C14H26N2O2/c1-3-7-14(8-4-9-15-14)13(17)16(2)12-5-10-18-11-6-12/h12,15H,3-11H2,1-2H3. The molecule has 104 valence electrons. The number of rotatable bonds is 4. The molecular weight excluding hydrogens is 228 g/mol. The summed E-state index contributed by atoms with van der Waals surface area (Å²) in [6.45, 7) is 4.71. The van der Waals surface area contributed by atoms with Crippen molar-refractivity contribution in [2.24, 2.45) is 0 Å². The molecule has 2 rings (SSSR count). The van der Waals surface area contributed by atoms with Crippen LogP contribution in [0.3, 0.4) is 0 Å². The van der Waals surface area contributed by atoms with Crippen molar-refractivity contribution < 1.29 is 9.53 Å². The fraction of sp³-hybridized carbons (Fsp3) is 0.929. The van der Waals surface area contributed by atoms with E-state index >= 15 is 0 Å². The van der Waals surface area contributed by atoms with E-state index in [1.165, 1.54) is 0 Å². The Kier molecular flexibility index (Phi) is 4.62. The molecule has 1 N–H and O–H groups in total. The summed E-state index contributed by atoms with van der Waals surface area (Å²) in [5, 5.41) is 3.47. The Morgan fingerprint density at radius 2 is 2.17 bits per heavy atom. The number of hydrogen-bond donors (Lipinski definition) is 1. The van der Waals surface area contributed by atoms with Crippen LogP contribution in [0.5, 0.6) is 0 Å². The second kappa shape index (κ2) is 6.02. The van der Waals surface area contributed by atoms with Gasteiger partial charge < -0.3 is 15.0 Å². The monoisotopic (exact) mass is 254 g/mol. The van der Waals surface area contributed by atoms with E-state index in [1.807, 2.05) is 11.9 Å². The van der Waals surface area contributed by atoms with Crippen LogP contribution in [0.25, 0.3) is 0 Å². The second-order valence-electron chi connectivity index (χ2n) is 5.62. The zero-order valence-corrected chi connectivity index (χ0v) is 11.7. The Hall–Kier alpha value is -0.610. The molecule has 2 heterocycles. The van der Waals surface area contributed by atoms with E-state index in [-0.39, 0.29) is 5.54 Å². The third-order valence-electron chi connectivity index (χ3n) is 4.39. The maximum Gasteiger partial charge on any atom is 0.242 e. The van der Waals surface area contributed by atoms with Gasteiger partial charge in [0.15, 0.2) is 0 Å². The molecule has 0 spiro atoms. The highest BCUT2D eigenvalue weighted by Gasteiger charge is 2.43. The van der Waals surface area contributed by atoms with Crippen molar-refractivity contribution in [3.05, 3.63) is 0 Å². The Morgan fingerprint density at radius 3 is 2.72 bits per heavy atom. The third-order valence-corrected chi connectivity index (χ3v) is 4.39. The Labute approximate surface area is 110 Å². The predicted molar refractivity (Wildman–Crippen MR) is 71.5 cm³/mol. The molecule has 0 aromatic heterocycles. The molecule has 0 aromatic carbocycles. The number of ether oxygens (including phenoxy) is 1. The molecule has 4 nitrogen and oxygen atoms in total. The summed E-state index contributed by atoms with van der Waals surface area (Å²) in [5.41, 5.74) is -0.276. The van der Waals surface area contributed by atoms with Crippen LogP contribution in [0, 0.1) is 0 Å². The van der Waals surface area contributed by atoms with Gasteiger partial charge in [-0.15, -0.1) is 0 Å². The van der Waals surface area contributed by atoms with Gasteiger partial charge in [0.2, 0.25) is 5.91 Å². The van der Waals surface area contributed by atoms with Crippen LogP contribution in [0.1, 0.15) is 45.4 Å². The lowest BCUT2D eigenvalue weighted by Crippen LogP contribution is -2.56. The average molecular weight is 254 g/mol. The molecule has 1 atom stereocenters. The summed E-state index contributed by atoms with van der Waals surface area (Å²) in [5.74, 6) is 0.300. The van der Waals surface area contributed by atoms with E-state index in [4.69, 9.17) is 4.74 Å². The zero-order chi connectivity index (χ0) is 13.0. The third kappa shape index (κ3) is 2.69. The van der Waals surface area contributed by atoms with Crippen molar-refractivity contribution in [2.45, 2.75) is 57.0 Å². The van der Waals surface area contributed by atoms with Crippen LogP contribution >= 0.6 is 0 Å². The number of carbonyl (C=O) groups excluding carboxylic acids is 1. The van der Waals surface area contributed by atoms with Gasteiger partial charge in [-0.3, -0.25) is 4.79 Å². The van der Waals surface area contributed by atoms with E-state index in [0.29, 0.717) is 11.9 Å². The molecule has 1 unspecified atom stereocenters. The average Bonchev–Trinajstić information content (AvgIpc) is 2.88. The Morgan fingerprint density at radius 1 is 1.44 bits per heavy atom. The lowest BCUT2D eigenvalue weighted by atomic mass is 9.89. The smallest absolute Gasteiger partial charge is 0.242 e. The first-order valence-electron chi connectivity index (χ1n) is 7.29. The summed E-state index contributed by atoms with van der Waals surface area (Å²) in [6.07, 6.45) is 6.08. The Balaban J connectivity index is 2.03. The highest BCUT2D eigenvalue weighted by Crippen LogP contribution is 2.28. The summed E-state index contributed by atoms with van der Waals surface area (Å²) in [6, 6.07) is 0.363. The van der Waals surface area contributed by atoms with E-state index in [0.717, 1.165) is 58.3 Å². The highest BCUT2D eigenvalue weighted by molar-refractivity contribution is 5.86. The SMILES string of the molecule is CCCC1(C(=O)N(C)C2CCOCC2)CCCN1. The molecule has 0 bridgehead atoms. The maximum atomic E-state index is 12.8. The van der Waals surface area contributed by atoms with Gasteiger partial charge in [-0.1, -0.05) is 13.3 Å². The van der Waals surface area contributed by atoms with Gasteiger partial charge in [-0.05, 0) is 38.6 Å². The number of carbonyl (C=O) groups is 1. The van der Waals surface area contributed by atoms with Crippen molar-refractivity contribution in [3.63, 3.8) is 0 Å². The Bertz CT molecular complexity index is 282. The molecule has 4 heteroatoms. The largest absolute Gasteiger partial charge is 0.381 e. The number of nitrogens with zero attached hydrogens (tertiary/aromatic N) is 1. The predicted octanol–water partition coefficient (Wildman–Crippen LogP) is 1.55. The minimum atomic E-state index is -0.276. The summed E-state index contributed by atoms with van der Waals surface area (Å²) < 4.78 is 5.37. The van der Waals surface area contributed by atoms with Gasteiger partial charge in [0, 0.05) is 26.3 Å². The molecule has 2 aliphatic rings. The van der Waals surface area contributed by atoms with Crippen molar-refractivity contribution in [1.82, 2.24) is 10.2 Å². The summed E-state index contributed by atoms with van der Waals surface area (Å²) in [7, 11) is 1.97. The van der Waals surface area contributed by atoms with Gasteiger partial charge in [-0.2, -0.15) is 0 Å². The summed E-state index contributed by atoms with van der Waals surface area (Å²) in [4.78, 5) is 14.8. The molecule has 2 saturated heterocycles. The van der Waals surface area contributed by atoms with Crippen molar-refractivity contribution in [3.8, 4) is 0 Å². The molecule has 0 aliphatic carbocycles. The molecule has 18 heavy (non-hydrogen) atoms. The van der Waals surface area contributed by atoms with E-state index in [9.17, 15) is 4.79 Å². The van der Waals surface area contributed by atoms with Crippen LogP contribution in [-0.2, 0) is 9.53 Å². The first-order valence-corrected chi connectivity index (χ1v) is 7.29. The highest BCUT2D eigenvalue weighted by atomic mass is 16.5. The van der Waals surface area contributed by atoms with Crippen LogP contribution in [0.15, 0.2) is 0 Å². The van der Waals surface area contributed by atoms with Crippen LogP contribution in [0.2, 0.25) is 0 Å². The van der Waals surface area contributed by atoms with Crippen LogP contribution in [-0.4, -0.2) is 49.2 Å². The van der Waals surface area contributed by atoms with E-state index < -0.39 is 0 Å². The van der Waals surface area contributed by atoms with Gasteiger partial charge >= 0.3 is 0 Å². The topological polar surface area (TPSA) is 41.6 Å². The zero-order valence-electron chi connectivity index (χ0n) is 11.7. The normalized spacial score (nSPS) is 29.4. The maximum absolute atomic E-state index is 12.8. The van der Waals surface area contributed by atoms with Gasteiger partial charge in [-0.25, -0.2) is 0 Å². The number of hydrogen-bond acceptors (Lipinski definition) is 3. The fourth-order valence-electron chi connectivity index (χ4n) is 3.31. The van der Waals surface area contributed by atoms with Gasteiger partial charge in [0.1, 0.15) is 0 Å². The molecule has 1 amide bonds. The van der Waals surface area contributed by atoms with E-state index in [2.05, 4.69) is 12.2 Å². The molecule has 0 aromatic rings. The lowest BCUT2D eigenvalue weighted by Gasteiger charge is -2.38. The number of nitrogens with one attached hydrogen (secondary N) is 1. The molecule has 2 aliphatic heterocycles. The minimum absolute atomic E-state index is 0.276. The molecule has 0 saturated carbocycles. The van der Waals surface area contributed by atoms with Crippen molar-refractivity contribution in [1.29, 1.82) is 0 Å². The molecular formula is C14H26N2O2. The van der Waals surface area contributed by atoms with Crippen molar-refractivity contribution >= 4 is 5.91 Å². The van der Waals surface area contributed by atoms with Gasteiger partial charge in [0.05, 0.1) is 5.54 Å². The summed E-state index contributed by atoms with van der Waals surface area (Å²) >= 11 is 0. The first-order chi connectivity index (χ1) is 8.69. The molecule has 0 radical (unpaired) electrons. The minimum Gasteiger partial charge on any atom is -0.381 e. The number of amides is 1. The van der Waals surface area contributed by atoms with Gasteiger partial charge in [0.25, 0.3) is 0 Å². The first kappa shape index (κ1) is 13.8.